The van der Waals surface area contributed by atoms with Gasteiger partial charge in [0.2, 0.25) is 0 Å². The Morgan fingerprint density at radius 1 is 1.24 bits per heavy atom. The summed E-state index contributed by atoms with van der Waals surface area (Å²) in [5.41, 5.74) is 2.42. The molecule has 2 N–H and O–H groups in total. The topological polar surface area (TPSA) is 38.7 Å². The summed E-state index contributed by atoms with van der Waals surface area (Å²) in [5.74, 6) is 0. The van der Waals surface area contributed by atoms with Crippen molar-refractivity contribution in [1.29, 1.82) is 0 Å². The van der Waals surface area contributed by atoms with Gasteiger partial charge in [0.25, 0.3) is 0 Å². The first-order chi connectivity index (χ1) is 10.1. The molecule has 1 aromatic carbocycles. The molecule has 1 fully saturated rings. The molecule has 0 aromatic heterocycles. The maximum absolute atomic E-state index is 9.02. The Morgan fingerprint density at radius 2 is 1.95 bits per heavy atom. The molecule has 1 heterocycles. The Labute approximate surface area is 132 Å². The van der Waals surface area contributed by atoms with Crippen molar-refractivity contribution in [2.45, 2.75) is 26.4 Å². The summed E-state index contributed by atoms with van der Waals surface area (Å²) in [4.78, 5) is 4.70. The number of hydrogen-bond acceptors (Lipinski definition) is 4. The molecule has 0 amide bonds. The molecule has 1 saturated heterocycles. The van der Waals surface area contributed by atoms with Gasteiger partial charge < -0.3 is 15.3 Å². The number of β-amino-alcohol motifs (C(OH)–C–C–N with tert-alkyl or cyclic N) is 1. The third kappa shape index (κ3) is 4.58. The van der Waals surface area contributed by atoms with Crippen molar-refractivity contribution in [2.75, 3.05) is 44.2 Å². The SMILES string of the molecule is CC(C)NCc1c(Cl)cccc1N1CCN(CCO)CC1. The lowest BCUT2D eigenvalue weighted by Crippen LogP contribution is -2.47. The van der Waals surface area contributed by atoms with Crippen molar-refractivity contribution in [3.63, 3.8) is 0 Å². The molecule has 1 aliphatic rings. The molecule has 0 aliphatic carbocycles. The molecule has 1 aliphatic heterocycles. The fourth-order valence-corrected chi connectivity index (χ4v) is 2.91. The molecule has 118 valence electrons. The van der Waals surface area contributed by atoms with Gasteiger partial charge in [0.15, 0.2) is 0 Å². The molecule has 0 bridgehead atoms. The summed E-state index contributed by atoms with van der Waals surface area (Å²) in [6, 6.07) is 6.59. The van der Waals surface area contributed by atoms with Gasteiger partial charge in [-0.15, -0.1) is 0 Å². The molecule has 0 unspecified atom stereocenters. The number of piperazine rings is 1. The largest absolute Gasteiger partial charge is 0.395 e. The van der Waals surface area contributed by atoms with Gasteiger partial charge in [-0.05, 0) is 12.1 Å². The molecule has 0 saturated carbocycles. The van der Waals surface area contributed by atoms with Crippen LogP contribution in [0.4, 0.5) is 5.69 Å². The first-order valence-corrected chi connectivity index (χ1v) is 8.08. The Balaban J connectivity index is 2.07. The van der Waals surface area contributed by atoms with Gasteiger partial charge in [0.05, 0.1) is 6.61 Å². The second-order valence-corrected chi connectivity index (χ2v) is 6.23. The van der Waals surface area contributed by atoms with E-state index in [1.54, 1.807) is 0 Å². The summed E-state index contributed by atoms with van der Waals surface area (Å²) < 4.78 is 0. The highest BCUT2D eigenvalue weighted by molar-refractivity contribution is 6.31. The van der Waals surface area contributed by atoms with Crippen molar-refractivity contribution >= 4 is 17.3 Å². The number of rotatable bonds is 6. The fourth-order valence-electron chi connectivity index (χ4n) is 2.68. The van der Waals surface area contributed by atoms with Gasteiger partial charge in [-0.25, -0.2) is 0 Å². The van der Waals surface area contributed by atoms with Crippen molar-refractivity contribution in [1.82, 2.24) is 10.2 Å². The molecule has 0 radical (unpaired) electrons. The van der Waals surface area contributed by atoms with E-state index in [1.807, 2.05) is 12.1 Å². The van der Waals surface area contributed by atoms with E-state index >= 15 is 0 Å². The Hall–Kier alpha value is -0.810. The zero-order chi connectivity index (χ0) is 15.2. The van der Waals surface area contributed by atoms with Crippen molar-refractivity contribution in [3.05, 3.63) is 28.8 Å². The molecule has 4 nitrogen and oxygen atoms in total. The third-order valence-corrected chi connectivity index (χ3v) is 4.26. The Morgan fingerprint density at radius 3 is 2.57 bits per heavy atom. The van der Waals surface area contributed by atoms with E-state index < -0.39 is 0 Å². The minimum absolute atomic E-state index is 0.237. The molecular formula is C16H26ClN3O. The number of hydrogen-bond donors (Lipinski definition) is 2. The lowest BCUT2D eigenvalue weighted by Gasteiger charge is -2.37. The predicted molar refractivity (Wildman–Crippen MR) is 89.2 cm³/mol. The minimum Gasteiger partial charge on any atom is -0.395 e. The third-order valence-electron chi connectivity index (χ3n) is 3.91. The maximum Gasteiger partial charge on any atom is 0.0558 e. The number of benzene rings is 1. The predicted octanol–water partition coefficient (Wildman–Crippen LogP) is 1.95. The van der Waals surface area contributed by atoms with Gasteiger partial charge in [0, 0.05) is 61.6 Å². The van der Waals surface area contributed by atoms with Crippen molar-refractivity contribution in [2.24, 2.45) is 0 Å². The van der Waals surface area contributed by atoms with Crippen LogP contribution in [0.25, 0.3) is 0 Å². The van der Waals surface area contributed by atoms with Crippen LogP contribution in [0.3, 0.4) is 0 Å². The van der Waals surface area contributed by atoms with Crippen LogP contribution in [0.2, 0.25) is 5.02 Å². The Bertz CT molecular complexity index is 445. The van der Waals surface area contributed by atoms with Crippen LogP contribution >= 0.6 is 11.6 Å². The first kappa shape index (κ1) is 16.6. The average Bonchev–Trinajstić information content (AvgIpc) is 2.47. The quantitative estimate of drug-likeness (QED) is 0.842. The van der Waals surface area contributed by atoms with Crippen LogP contribution in [-0.4, -0.2) is 55.4 Å². The number of nitrogens with zero attached hydrogens (tertiary/aromatic N) is 2. The van der Waals surface area contributed by atoms with Crippen LogP contribution in [0, 0.1) is 0 Å². The number of aliphatic hydroxyl groups is 1. The zero-order valence-corrected chi connectivity index (χ0v) is 13.7. The highest BCUT2D eigenvalue weighted by atomic mass is 35.5. The minimum atomic E-state index is 0.237. The lowest BCUT2D eigenvalue weighted by molar-refractivity contribution is 0.188. The molecule has 5 heteroatoms. The van der Waals surface area contributed by atoms with E-state index in [4.69, 9.17) is 16.7 Å². The summed E-state index contributed by atoms with van der Waals surface area (Å²) in [6.07, 6.45) is 0. The highest BCUT2D eigenvalue weighted by Gasteiger charge is 2.19. The van der Waals surface area contributed by atoms with Crippen molar-refractivity contribution in [3.8, 4) is 0 Å². The summed E-state index contributed by atoms with van der Waals surface area (Å²) in [6.45, 7) is 10.0. The molecule has 2 rings (SSSR count). The summed E-state index contributed by atoms with van der Waals surface area (Å²) >= 11 is 6.40. The maximum atomic E-state index is 9.02. The van der Waals surface area contributed by atoms with Crippen LogP contribution in [0.15, 0.2) is 18.2 Å². The van der Waals surface area contributed by atoms with Crippen LogP contribution in [-0.2, 0) is 6.54 Å². The van der Waals surface area contributed by atoms with E-state index in [2.05, 4.69) is 35.0 Å². The normalized spacial score (nSPS) is 16.7. The van der Waals surface area contributed by atoms with Crippen LogP contribution in [0.1, 0.15) is 19.4 Å². The lowest BCUT2D eigenvalue weighted by atomic mass is 10.1. The smallest absolute Gasteiger partial charge is 0.0558 e. The van der Waals surface area contributed by atoms with Gasteiger partial charge >= 0.3 is 0 Å². The fraction of sp³-hybridized carbons (Fsp3) is 0.625. The second kappa shape index (κ2) is 7.99. The second-order valence-electron chi connectivity index (χ2n) is 5.83. The number of nitrogens with one attached hydrogen (secondary N) is 1. The zero-order valence-electron chi connectivity index (χ0n) is 13.0. The number of anilines is 1. The van der Waals surface area contributed by atoms with Crippen LogP contribution < -0.4 is 10.2 Å². The highest BCUT2D eigenvalue weighted by Crippen LogP contribution is 2.28. The molecule has 0 atom stereocenters. The Kier molecular flexibility index (Phi) is 6.30. The number of aliphatic hydroxyl groups excluding tert-OH is 1. The van der Waals surface area contributed by atoms with E-state index in [0.717, 1.165) is 44.3 Å². The molecule has 1 aromatic rings. The molecular weight excluding hydrogens is 286 g/mol. The van der Waals surface area contributed by atoms with Crippen molar-refractivity contribution < 1.29 is 5.11 Å². The molecule has 0 spiro atoms. The van der Waals surface area contributed by atoms with Gasteiger partial charge in [-0.2, -0.15) is 0 Å². The average molecular weight is 312 g/mol. The summed E-state index contributed by atoms with van der Waals surface area (Å²) in [7, 11) is 0. The van der Waals surface area contributed by atoms with E-state index in [1.165, 1.54) is 11.3 Å². The van der Waals surface area contributed by atoms with E-state index in [9.17, 15) is 0 Å². The van der Waals surface area contributed by atoms with Crippen LogP contribution in [0.5, 0.6) is 0 Å². The number of halogens is 1. The van der Waals surface area contributed by atoms with E-state index in [-0.39, 0.29) is 6.61 Å². The summed E-state index contributed by atoms with van der Waals surface area (Å²) in [5, 5.41) is 13.3. The van der Waals surface area contributed by atoms with E-state index in [0.29, 0.717) is 6.04 Å². The van der Waals surface area contributed by atoms with Gasteiger partial charge in [-0.3, -0.25) is 4.90 Å². The van der Waals surface area contributed by atoms with Gasteiger partial charge in [0.1, 0.15) is 0 Å². The standard InChI is InChI=1S/C16H26ClN3O/c1-13(2)18-12-14-15(17)4-3-5-16(14)20-8-6-19(7-9-20)10-11-21/h3-5,13,18,21H,6-12H2,1-2H3. The monoisotopic (exact) mass is 311 g/mol. The first-order valence-electron chi connectivity index (χ1n) is 7.70. The van der Waals surface area contributed by atoms with Gasteiger partial charge in [-0.1, -0.05) is 31.5 Å². The molecule has 21 heavy (non-hydrogen) atoms.